The minimum atomic E-state index is -3.55. The van der Waals surface area contributed by atoms with E-state index in [4.69, 9.17) is 9.29 Å². The number of carboxylic acids is 1. The molecular weight excluding hydrogens is 349 g/mol. The van der Waals surface area contributed by atoms with Crippen molar-refractivity contribution in [2.45, 2.75) is 32.6 Å². The third-order valence-corrected chi connectivity index (χ3v) is 5.03. The van der Waals surface area contributed by atoms with Crippen molar-refractivity contribution < 1.29 is 26.9 Å². The van der Waals surface area contributed by atoms with E-state index in [0.29, 0.717) is 43.6 Å². The zero-order valence-corrected chi connectivity index (χ0v) is 15.3. The van der Waals surface area contributed by atoms with Gasteiger partial charge >= 0.3 is 5.97 Å². The number of benzene rings is 1. The molecule has 8 heteroatoms. The molecule has 0 spiro atoms. The van der Waals surface area contributed by atoms with E-state index in [0.717, 1.165) is 11.8 Å². The van der Waals surface area contributed by atoms with Crippen LogP contribution in [0.15, 0.2) is 12.1 Å². The van der Waals surface area contributed by atoms with Crippen LogP contribution in [0.4, 0.5) is 10.1 Å². The summed E-state index contributed by atoms with van der Waals surface area (Å²) >= 11 is 0. The van der Waals surface area contributed by atoms with Crippen LogP contribution >= 0.6 is 0 Å². The Bertz CT molecular complexity index is 727. The second kappa shape index (κ2) is 8.14. The minimum absolute atomic E-state index is 0.0516. The highest BCUT2D eigenvalue weighted by Gasteiger charge is 2.27. The van der Waals surface area contributed by atoms with Gasteiger partial charge in [-0.1, -0.05) is 13.0 Å². The third-order valence-electron chi connectivity index (χ3n) is 4.44. The lowest BCUT2D eigenvalue weighted by atomic mass is 9.95. The topological polar surface area (TPSA) is 83.9 Å². The molecule has 0 aliphatic carbocycles. The van der Waals surface area contributed by atoms with Crippen LogP contribution in [0.5, 0.6) is 0 Å². The molecule has 0 unspecified atom stereocenters. The van der Waals surface area contributed by atoms with Gasteiger partial charge in [-0.2, -0.15) is 8.42 Å². The number of hydrogen-bond donors (Lipinski definition) is 1. The van der Waals surface area contributed by atoms with Crippen molar-refractivity contribution in [3.05, 3.63) is 29.1 Å². The summed E-state index contributed by atoms with van der Waals surface area (Å²) in [6.07, 6.45) is 2.84. The number of aryl methyl sites for hydroxylation is 1. The Balaban J connectivity index is 2.22. The average Bonchev–Trinajstić information content (AvgIpc) is 2.53. The second-order valence-electron chi connectivity index (χ2n) is 6.31. The highest BCUT2D eigenvalue weighted by atomic mass is 32.2. The van der Waals surface area contributed by atoms with E-state index in [9.17, 15) is 17.6 Å². The quantitative estimate of drug-likeness (QED) is 0.738. The summed E-state index contributed by atoms with van der Waals surface area (Å²) in [7, 11) is -3.55. The van der Waals surface area contributed by atoms with E-state index in [1.165, 1.54) is 6.07 Å². The number of anilines is 1. The summed E-state index contributed by atoms with van der Waals surface area (Å²) in [5.74, 6) is -1.57. The predicted octanol–water partition coefficient (Wildman–Crippen LogP) is 2.21. The molecule has 25 heavy (non-hydrogen) atoms. The van der Waals surface area contributed by atoms with Crippen molar-refractivity contribution in [3.63, 3.8) is 0 Å². The summed E-state index contributed by atoms with van der Waals surface area (Å²) in [6.45, 7) is 2.78. The number of carbonyl (C=O) groups is 1. The molecule has 1 saturated heterocycles. The zero-order valence-electron chi connectivity index (χ0n) is 14.5. The number of rotatable bonds is 7. The Morgan fingerprint density at radius 1 is 1.36 bits per heavy atom. The van der Waals surface area contributed by atoms with E-state index >= 15 is 0 Å². The van der Waals surface area contributed by atoms with Crippen molar-refractivity contribution in [2.75, 3.05) is 30.9 Å². The van der Waals surface area contributed by atoms with Crippen LogP contribution in [0.2, 0.25) is 0 Å². The van der Waals surface area contributed by atoms with Crippen molar-refractivity contribution in [1.82, 2.24) is 0 Å². The van der Waals surface area contributed by atoms with Gasteiger partial charge < -0.3 is 10.0 Å². The summed E-state index contributed by atoms with van der Waals surface area (Å²) in [6, 6.07) is 3.35. The first-order valence-electron chi connectivity index (χ1n) is 8.34. The zero-order chi connectivity index (χ0) is 18.6. The highest BCUT2D eigenvalue weighted by molar-refractivity contribution is 7.85. The van der Waals surface area contributed by atoms with Gasteiger partial charge in [-0.05, 0) is 42.9 Å². The van der Waals surface area contributed by atoms with Crippen molar-refractivity contribution >= 4 is 21.8 Å². The average molecular weight is 373 g/mol. The molecule has 6 nitrogen and oxygen atoms in total. The van der Waals surface area contributed by atoms with Crippen LogP contribution in [0.1, 0.15) is 30.9 Å². The molecule has 1 fully saturated rings. The molecular formula is C17H24FNO5S. The lowest BCUT2D eigenvalue weighted by Gasteiger charge is -2.33. The Morgan fingerprint density at radius 3 is 2.52 bits per heavy atom. The maximum atomic E-state index is 14.7. The van der Waals surface area contributed by atoms with Crippen molar-refractivity contribution in [2.24, 2.45) is 5.92 Å². The third kappa shape index (κ3) is 5.40. The Kier molecular flexibility index (Phi) is 6.40. The molecule has 0 radical (unpaired) electrons. The summed E-state index contributed by atoms with van der Waals surface area (Å²) in [4.78, 5) is 12.9. The maximum absolute atomic E-state index is 14.7. The Labute approximate surface area is 147 Å². The van der Waals surface area contributed by atoms with E-state index in [1.54, 1.807) is 0 Å². The first kappa shape index (κ1) is 19.7. The fourth-order valence-corrected chi connectivity index (χ4v) is 3.51. The fraction of sp³-hybridized carbons (Fsp3) is 0.588. The van der Waals surface area contributed by atoms with Gasteiger partial charge in [0, 0.05) is 13.1 Å². The van der Waals surface area contributed by atoms with Crippen molar-refractivity contribution in [3.8, 4) is 0 Å². The molecule has 1 aliphatic rings. The lowest BCUT2D eigenvalue weighted by Crippen LogP contribution is -2.37. The van der Waals surface area contributed by atoms with Gasteiger partial charge in [0.25, 0.3) is 10.1 Å². The van der Waals surface area contributed by atoms with Gasteiger partial charge in [0.15, 0.2) is 0 Å². The summed E-state index contributed by atoms with van der Waals surface area (Å²) in [5.41, 5.74) is 1.95. The minimum Gasteiger partial charge on any atom is -0.481 e. The van der Waals surface area contributed by atoms with Gasteiger partial charge in [0.2, 0.25) is 0 Å². The normalized spacial score (nSPS) is 16.2. The molecule has 1 aromatic rings. The SMILES string of the molecule is CCc1cc(F)c(N2CCC(C(=O)O)CC2)c(CCOS(C)(=O)=O)c1. The van der Waals surface area contributed by atoms with Gasteiger partial charge in [-0.25, -0.2) is 4.39 Å². The van der Waals surface area contributed by atoms with Gasteiger partial charge in [0.05, 0.1) is 24.5 Å². The number of piperidine rings is 1. The fourth-order valence-electron chi connectivity index (χ4n) is 3.12. The van der Waals surface area contributed by atoms with Gasteiger partial charge in [-0.15, -0.1) is 0 Å². The number of aliphatic carboxylic acids is 1. The number of nitrogens with zero attached hydrogens (tertiary/aromatic N) is 1. The molecule has 1 aliphatic heterocycles. The molecule has 0 amide bonds. The molecule has 0 atom stereocenters. The van der Waals surface area contributed by atoms with Crippen molar-refractivity contribution in [1.29, 1.82) is 0 Å². The van der Waals surface area contributed by atoms with E-state index in [2.05, 4.69) is 0 Å². The molecule has 1 N–H and O–H groups in total. The van der Waals surface area contributed by atoms with Crippen LogP contribution < -0.4 is 4.90 Å². The smallest absolute Gasteiger partial charge is 0.306 e. The van der Waals surface area contributed by atoms with Crippen LogP contribution in [0.25, 0.3) is 0 Å². The van der Waals surface area contributed by atoms with Crippen LogP contribution in [0, 0.1) is 11.7 Å². The van der Waals surface area contributed by atoms with Gasteiger partial charge in [-0.3, -0.25) is 8.98 Å². The molecule has 0 saturated carbocycles. The molecule has 1 aromatic carbocycles. The number of halogens is 1. The molecule has 0 bridgehead atoms. The predicted molar refractivity (Wildman–Crippen MR) is 92.9 cm³/mol. The van der Waals surface area contributed by atoms with Crippen LogP contribution in [-0.2, 0) is 31.9 Å². The number of hydrogen-bond acceptors (Lipinski definition) is 5. The molecule has 140 valence electrons. The lowest BCUT2D eigenvalue weighted by molar-refractivity contribution is -0.142. The second-order valence-corrected chi connectivity index (χ2v) is 7.96. The van der Waals surface area contributed by atoms with Gasteiger partial charge in [0.1, 0.15) is 5.82 Å². The molecule has 0 aromatic heterocycles. The van der Waals surface area contributed by atoms with Crippen LogP contribution in [0.3, 0.4) is 0 Å². The number of carboxylic acid groups (broad SMARTS) is 1. The largest absolute Gasteiger partial charge is 0.481 e. The standard InChI is InChI=1S/C17H24FNO5S/c1-3-12-10-14(6-9-24-25(2,22)23)16(15(18)11-12)19-7-4-13(5-8-19)17(20)21/h10-11,13H,3-9H2,1-2H3,(H,20,21). The molecule has 2 rings (SSSR count). The summed E-state index contributed by atoms with van der Waals surface area (Å²) < 4.78 is 41.7. The summed E-state index contributed by atoms with van der Waals surface area (Å²) in [5, 5.41) is 9.10. The Hall–Kier alpha value is -1.67. The first-order chi connectivity index (χ1) is 11.7. The van der Waals surface area contributed by atoms with Crippen LogP contribution in [-0.4, -0.2) is 45.4 Å². The Morgan fingerprint density at radius 2 is 2.00 bits per heavy atom. The first-order valence-corrected chi connectivity index (χ1v) is 10.2. The molecule has 1 heterocycles. The maximum Gasteiger partial charge on any atom is 0.306 e. The highest BCUT2D eigenvalue weighted by Crippen LogP contribution is 2.31. The van der Waals surface area contributed by atoms with E-state index < -0.39 is 22.0 Å². The van der Waals surface area contributed by atoms with E-state index in [-0.39, 0.29) is 18.8 Å². The monoisotopic (exact) mass is 373 g/mol. The van der Waals surface area contributed by atoms with E-state index in [1.807, 2.05) is 17.9 Å².